The van der Waals surface area contributed by atoms with E-state index in [9.17, 15) is 13.6 Å². The molecule has 18 heavy (non-hydrogen) atoms. The van der Waals surface area contributed by atoms with Crippen molar-refractivity contribution in [2.75, 3.05) is 6.61 Å². The molecule has 0 aromatic heterocycles. The number of alkyl halides is 2. The largest absolute Gasteiger partial charge is 0.466 e. The quantitative estimate of drug-likeness (QED) is 0.775. The molecule has 0 unspecified atom stereocenters. The summed E-state index contributed by atoms with van der Waals surface area (Å²) < 4.78 is 30.1. The van der Waals surface area contributed by atoms with Crippen molar-refractivity contribution in [1.29, 1.82) is 5.26 Å². The summed E-state index contributed by atoms with van der Waals surface area (Å²) in [5, 5.41) is 8.88. The highest BCUT2D eigenvalue weighted by Crippen LogP contribution is 2.25. The summed E-state index contributed by atoms with van der Waals surface area (Å²) in [6.45, 7) is 3.53. The average molecular weight is 253 g/mol. The predicted molar refractivity (Wildman–Crippen MR) is 61.2 cm³/mol. The van der Waals surface area contributed by atoms with E-state index in [0.717, 1.165) is 6.07 Å². The fraction of sp³-hybridized carbons (Fsp3) is 0.385. The van der Waals surface area contributed by atoms with Gasteiger partial charge in [-0.1, -0.05) is 0 Å². The van der Waals surface area contributed by atoms with Gasteiger partial charge in [-0.3, -0.25) is 4.79 Å². The summed E-state index contributed by atoms with van der Waals surface area (Å²) in [5.41, 5.74) is 0.848. The average Bonchev–Trinajstić information content (AvgIpc) is 2.31. The maximum atomic E-state index is 12.7. The Bertz CT molecular complexity index is 492. The number of carbonyl (C=O) groups excluding carboxylic acids is 1. The van der Waals surface area contributed by atoms with Crippen LogP contribution < -0.4 is 0 Å². The number of halogens is 2. The third-order valence-electron chi connectivity index (χ3n) is 2.55. The standard InChI is InChI=1S/C13H13F2NO2/c1-3-18-12(17)6-9-4-10(13(14)15)5-11(7-16)8(9)2/h4-5,13H,3,6H2,1-2H3. The molecular formula is C13H13F2NO2. The molecule has 96 valence electrons. The molecule has 1 aromatic rings. The summed E-state index contributed by atoms with van der Waals surface area (Å²) in [4.78, 5) is 11.4. The number of hydrogen-bond donors (Lipinski definition) is 0. The molecule has 0 heterocycles. The van der Waals surface area contributed by atoms with E-state index >= 15 is 0 Å². The van der Waals surface area contributed by atoms with Gasteiger partial charge in [0.15, 0.2) is 0 Å². The van der Waals surface area contributed by atoms with Crippen LogP contribution in [0.5, 0.6) is 0 Å². The lowest BCUT2D eigenvalue weighted by molar-refractivity contribution is -0.142. The van der Waals surface area contributed by atoms with Gasteiger partial charge in [0.2, 0.25) is 0 Å². The van der Waals surface area contributed by atoms with E-state index in [2.05, 4.69) is 0 Å². The van der Waals surface area contributed by atoms with E-state index in [1.54, 1.807) is 13.8 Å². The maximum Gasteiger partial charge on any atom is 0.310 e. The first-order valence-corrected chi connectivity index (χ1v) is 5.46. The lowest BCUT2D eigenvalue weighted by Crippen LogP contribution is -2.09. The Balaban J connectivity index is 3.14. The molecule has 0 radical (unpaired) electrons. The highest BCUT2D eigenvalue weighted by molar-refractivity contribution is 5.73. The Morgan fingerprint density at radius 2 is 2.17 bits per heavy atom. The summed E-state index contributed by atoms with van der Waals surface area (Å²) >= 11 is 0. The maximum absolute atomic E-state index is 12.7. The number of carbonyl (C=O) groups is 1. The molecule has 0 saturated carbocycles. The molecule has 5 heteroatoms. The van der Waals surface area contributed by atoms with E-state index in [4.69, 9.17) is 10.00 Å². The molecule has 0 fully saturated rings. The SMILES string of the molecule is CCOC(=O)Cc1cc(C(F)F)cc(C#N)c1C. The molecule has 3 nitrogen and oxygen atoms in total. The van der Waals surface area contributed by atoms with Gasteiger partial charge in [-0.2, -0.15) is 5.26 Å². The van der Waals surface area contributed by atoms with Crippen molar-refractivity contribution in [1.82, 2.24) is 0 Å². The van der Waals surface area contributed by atoms with Crippen LogP contribution in [-0.2, 0) is 16.0 Å². The third-order valence-corrected chi connectivity index (χ3v) is 2.55. The van der Waals surface area contributed by atoms with Crippen molar-refractivity contribution in [3.8, 4) is 6.07 Å². The first kappa shape index (κ1) is 14.1. The van der Waals surface area contributed by atoms with E-state index in [0.29, 0.717) is 11.1 Å². The Morgan fingerprint density at radius 1 is 1.50 bits per heavy atom. The van der Waals surface area contributed by atoms with Crippen LogP contribution in [0.3, 0.4) is 0 Å². The number of rotatable bonds is 4. The van der Waals surface area contributed by atoms with Gasteiger partial charge in [-0.25, -0.2) is 8.78 Å². The minimum absolute atomic E-state index is 0.102. The zero-order valence-corrected chi connectivity index (χ0v) is 10.2. The third kappa shape index (κ3) is 3.27. The molecule has 1 aromatic carbocycles. The van der Waals surface area contributed by atoms with Crippen LogP contribution in [-0.4, -0.2) is 12.6 Å². The normalized spacial score (nSPS) is 10.2. The monoisotopic (exact) mass is 253 g/mol. The van der Waals surface area contributed by atoms with E-state index in [1.807, 2.05) is 6.07 Å². The number of benzene rings is 1. The zero-order chi connectivity index (χ0) is 13.7. The fourth-order valence-electron chi connectivity index (χ4n) is 1.59. The minimum atomic E-state index is -2.67. The molecule has 0 spiro atoms. The van der Waals surface area contributed by atoms with Crippen LogP contribution in [0.25, 0.3) is 0 Å². The first-order chi connectivity index (χ1) is 8.49. The van der Waals surface area contributed by atoms with E-state index in [1.165, 1.54) is 6.07 Å². The van der Waals surface area contributed by atoms with Crippen LogP contribution in [0.1, 0.15) is 35.6 Å². The smallest absolute Gasteiger partial charge is 0.310 e. The van der Waals surface area contributed by atoms with Gasteiger partial charge in [-0.05, 0) is 37.1 Å². The second-order valence-electron chi connectivity index (χ2n) is 3.75. The molecule has 0 bridgehead atoms. The second-order valence-corrected chi connectivity index (χ2v) is 3.75. The highest BCUT2D eigenvalue weighted by Gasteiger charge is 2.15. The van der Waals surface area contributed by atoms with Crippen LogP contribution in [0.2, 0.25) is 0 Å². The van der Waals surface area contributed by atoms with Gasteiger partial charge < -0.3 is 4.74 Å². The van der Waals surface area contributed by atoms with E-state index in [-0.39, 0.29) is 24.2 Å². The number of ether oxygens (including phenoxy) is 1. The summed E-state index contributed by atoms with van der Waals surface area (Å²) in [6.07, 6.45) is -2.77. The van der Waals surface area contributed by atoms with Crippen molar-refractivity contribution in [3.05, 3.63) is 34.4 Å². The molecular weight excluding hydrogens is 240 g/mol. The van der Waals surface area contributed by atoms with Gasteiger partial charge in [0.25, 0.3) is 6.43 Å². The highest BCUT2D eigenvalue weighted by atomic mass is 19.3. The van der Waals surface area contributed by atoms with Crippen LogP contribution in [0.4, 0.5) is 8.78 Å². The Labute approximate surface area is 104 Å². The van der Waals surface area contributed by atoms with Gasteiger partial charge in [0.1, 0.15) is 0 Å². The van der Waals surface area contributed by atoms with Gasteiger partial charge in [-0.15, -0.1) is 0 Å². The van der Waals surface area contributed by atoms with Crippen LogP contribution in [0, 0.1) is 18.3 Å². The second kappa shape index (κ2) is 6.10. The fourth-order valence-corrected chi connectivity index (χ4v) is 1.59. The molecule has 0 atom stereocenters. The number of nitriles is 1. The molecule has 0 aliphatic rings. The summed E-state index contributed by atoms with van der Waals surface area (Å²) in [6, 6.07) is 4.25. The predicted octanol–water partition coefficient (Wildman–Crippen LogP) is 2.91. The summed E-state index contributed by atoms with van der Waals surface area (Å²) in [7, 11) is 0. The number of esters is 1. The van der Waals surface area contributed by atoms with E-state index < -0.39 is 12.4 Å². The topological polar surface area (TPSA) is 50.1 Å². The summed E-state index contributed by atoms with van der Waals surface area (Å²) in [5.74, 6) is -0.490. The lowest BCUT2D eigenvalue weighted by atomic mass is 9.97. The molecule has 0 aliphatic heterocycles. The molecule has 0 aliphatic carbocycles. The Kier molecular flexibility index (Phi) is 4.78. The molecule has 0 N–H and O–H groups in total. The zero-order valence-electron chi connectivity index (χ0n) is 10.2. The van der Waals surface area contributed by atoms with Gasteiger partial charge in [0.05, 0.1) is 24.7 Å². The van der Waals surface area contributed by atoms with Gasteiger partial charge >= 0.3 is 5.97 Å². The van der Waals surface area contributed by atoms with Crippen molar-refractivity contribution in [3.63, 3.8) is 0 Å². The van der Waals surface area contributed by atoms with Crippen LogP contribution in [0.15, 0.2) is 12.1 Å². The molecule has 0 saturated heterocycles. The Morgan fingerprint density at radius 3 is 2.67 bits per heavy atom. The van der Waals surface area contributed by atoms with Crippen molar-refractivity contribution in [2.45, 2.75) is 26.7 Å². The number of hydrogen-bond acceptors (Lipinski definition) is 3. The van der Waals surface area contributed by atoms with Gasteiger partial charge in [0, 0.05) is 5.56 Å². The molecule has 0 amide bonds. The minimum Gasteiger partial charge on any atom is -0.466 e. The first-order valence-electron chi connectivity index (χ1n) is 5.46. The number of nitrogens with zero attached hydrogens (tertiary/aromatic N) is 1. The lowest BCUT2D eigenvalue weighted by Gasteiger charge is -2.10. The van der Waals surface area contributed by atoms with Crippen molar-refractivity contribution < 1.29 is 18.3 Å². The Hall–Kier alpha value is -1.96. The van der Waals surface area contributed by atoms with Crippen molar-refractivity contribution >= 4 is 5.97 Å². The van der Waals surface area contributed by atoms with Crippen molar-refractivity contribution in [2.24, 2.45) is 0 Å². The van der Waals surface area contributed by atoms with Crippen LogP contribution >= 0.6 is 0 Å². The molecule has 1 rings (SSSR count).